The molecule has 0 bridgehead atoms. The molecule has 6 nitrogen and oxygen atoms in total. The molecule has 0 N–H and O–H groups in total. The van der Waals surface area contributed by atoms with Gasteiger partial charge in [0.05, 0.1) is 0 Å². The van der Waals surface area contributed by atoms with E-state index in [-0.39, 0.29) is 0 Å². The first-order chi connectivity index (χ1) is 11.9. The van der Waals surface area contributed by atoms with E-state index in [0.29, 0.717) is 6.04 Å². The SMILES string of the molecule is CC1CN(C)CCN(CCN2CCN(C)CCN(C)CC2)CCN1C. The Kier molecular flexibility index (Phi) is 9.10. The van der Waals surface area contributed by atoms with Gasteiger partial charge in [-0.2, -0.15) is 0 Å². The maximum absolute atomic E-state index is 2.67. The van der Waals surface area contributed by atoms with Crippen molar-refractivity contribution in [3.05, 3.63) is 0 Å². The Bertz CT molecular complexity index is 352. The third kappa shape index (κ3) is 7.89. The highest BCUT2D eigenvalue weighted by atomic mass is 15.3. The van der Waals surface area contributed by atoms with Gasteiger partial charge in [-0.25, -0.2) is 0 Å². The Morgan fingerprint density at radius 2 is 0.960 bits per heavy atom. The van der Waals surface area contributed by atoms with E-state index in [1.54, 1.807) is 0 Å². The maximum Gasteiger partial charge on any atom is 0.0192 e. The number of hydrogen-bond donors (Lipinski definition) is 0. The first-order valence-electron chi connectivity index (χ1n) is 10.1. The molecule has 2 aliphatic heterocycles. The molecular weight excluding hydrogens is 312 g/mol. The molecule has 2 heterocycles. The minimum atomic E-state index is 0.647. The number of nitrogens with zero attached hydrogens (tertiary/aromatic N) is 6. The molecule has 0 amide bonds. The standard InChI is InChI=1S/C19H42N6/c1-19-18-22(4)10-14-25(15-11-23(19)5)17-16-24-12-8-20(2)6-7-21(3)9-13-24/h19H,6-18H2,1-5H3. The van der Waals surface area contributed by atoms with E-state index in [1.165, 1.54) is 85.1 Å². The molecule has 25 heavy (non-hydrogen) atoms. The van der Waals surface area contributed by atoms with Crippen LogP contribution in [0.15, 0.2) is 0 Å². The summed E-state index contributed by atoms with van der Waals surface area (Å²) in [5, 5.41) is 0. The summed E-state index contributed by atoms with van der Waals surface area (Å²) in [7, 11) is 9.05. The largest absolute Gasteiger partial charge is 0.304 e. The van der Waals surface area contributed by atoms with E-state index < -0.39 is 0 Å². The lowest BCUT2D eigenvalue weighted by Crippen LogP contribution is -2.43. The van der Waals surface area contributed by atoms with Gasteiger partial charge in [-0.1, -0.05) is 0 Å². The zero-order valence-corrected chi connectivity index (χ0v) is 17.5. The van der Waals surface area contributed by atoms with Crippen LogP contribution in [0.1, 0.15) is 6.92 Å². The van der Waals surface area contributed by atoms with Gasteiger partial charge in [0.1, 0.15) is 0 Å². The molecule has 0 aromatic carbocycles. The fourth-order valence-corrected chi connectivity index (χ4v) is 3.66. The molecule has 0 aromatic heterocycles. The molecule has 0 aliphatic carbocycles. The summed E-state index contributed by atoms with van der Waals surface area (Å²) in [6.07, 6.45) is 0. The molecule has 148 valence electrons. The quantitative estimate of drug-likeness (QED) is 0.690. The maximum atomic E-state index is 2.67. The first kappa shape index (κ1) is 21.1. The van der Waals surface area contributed by atoms with Gasteiger partial charge < -0.3 is 19.6 Å². The Morgan fingerprint density at radius 3 is 1.48 bits per heavy atom. The van der Waals surface area contributed by atoms with Crippen LogP contribution in [0, 0.1) is 0 Å². The van der Waals surface area contributed by atoms with Crippen molar-refractivity contribution < 1.29 is 0 Å². The summed E-state index contributed by atoms with van der Waals surface area (Å²) in [6, 6.07) is 0.647. The number of hydrogen-bond acceptors (Lipinski definition) is 6. The van der Waals surface area contributed by atoms with Gasteiger partial charge in [0.15, 0.2) is 0 Å². The third-order valence-electron chi connectivity index (χ3n) is 6.09. The Labute approximate surface area is 156 Å². The van der Waals surface area contributed by atoms with Gasteiger partial charge in [0.2, 0.25) is 0 Å². The Morgan fingerprint density at radius 1 is 0.560 bits per heavy atom. The smallest absolute Gasteiger partial charge is 0.0192 e. The highest BCUT2D eigenvalue weighted by Gasteiger charge is 2.18. The minimum absolute atomic E-state index is 0.647. The van der Waals surface area contributed by atoms with Gasteiger partial charge >= 0.3 is 0 Å². The van der Waals surface area contributed by atoms with Crippen molar-refractivity contribution in [2.75, 3.05) is 113 Å². The van der Waals surface area contributed by atoms with Crippen LogP contribution in [0.5, 0.6) is 0 Å². The molecular formula is C19H42N6. The number of likely N-dealkylation sites (N-methyl/N-ethyl adjacent to an activating group) is 4. The van der Waals surface area contributed by atoms with E-state index in [0.717, 1.165) is 0 Å². The number of rotatable bonds is 3. The molecule has 1 atom stereocenters. The molecule has 6 heteroatoms. The summed E-state index contributed by atoms with van der Waals surface area (Å²) < 4.78 is 0. The second kappa shape index (κ2) is 10.8. The highest BCUT2D eigenvalue weighted by molar-refractivity contribution is 4.75. The normalized spacial score (nSPS) is 29.4. The fourth-order valence-electron chi connectivity index (χ4n) is 3.66. The van der Waals surface area contributed by atoms with Crippen molar-refractivity contribution in [2.24, 2.45) is 0 Å². The van der Waals surface area contributed by atoms with Gasteiger partial charge in [0, 0.05) is 91.1 Å². The van der Waals surface area contributed by atoms with Crippen LogP contribution in [0.2, 0.25) is 0 Å². The second-order valence-electron chi connectivity index (χ2n) is 8.38. The Balaban J connectivity index is 1.82. The van der Waals surface area contributed by atoms with Crippen LogP contribution in [0.3, 0.4) is 0 Å². The van der Waals surface area contributed by atoms with Crippen LogP contribution in [-0.2, 0) is 0 Å². The van der Waals surface area contributed by atoms with Crippen molar-refractivity contribution in [1.29, 1.82) is 0 Å². The third-order valence-corrected chi connectivity index (χ3v) is 6.09. The summed E-state index contributed by atoms with van der Waals surface area (Å²) in [4.78, 5) is 15.3. The monoisotopic (exact) mass is 354 g/mol. The van der Waals surface area contributed by atoms with Crippen molar-refractivity contribution >= 4 is 0 Å². The van der Waals surface area contributed by atoms with Gasteiger partial charge in [-0.15, -0.1) is 0 Å². The van der Waals surface area contributed by atoms with Crippen LogP contribution >= 0.6 is 0 Å². The average Bonchev–Trinajstić information content (AvgIpc) is 2.69. The van der Waals surface area contributed by atoms with Gasteiger partial charge in [-0.3, -0.25) is 9.80 Å². The molecule has 0 aromatic rings. The van der Waals surface area contributed by atoms with Crippen LogP contribution in [0.25, 0.3) is 0 Å². The van der Waals surface area contributed by atoms with E-state index in [4.69, 9.17) is 0 Å². The van der Waals surface area contributed by atoms with Crippen molar-refractivity contribution in [2.45, 2.75) is 13.0 Å². The first-order valence-corrected chi connectivity index (χ1v) is 10.1. The van der Waals surface area contributed by atoms with Crippen LogP contribution in [-0.4, -0.2) is 149 Å². The van der Waals surface area contributed by atoms with E-state index in [1.807, 2.05) is 0 Å². The zero-order chi connectivity index (χ0) is 18.2. The summed E-state index contributed by atoms with van der Waals surface area (Å²) >= 11 is 0. The van der Waals surface area contributed by atoms with Crippen molar-refractivity contribution in [1.82, 2.24) is 29.4 Å². The lowest BCUT2D eigenvalue weighted by Gasteiger charge is -2.29. The minimum Gasteiger partial charge on any atom is -0.304 e. The van der Waals surface area contributed by atoms with Crippen molar-refractivity contribution in [3.63, 3.8) is 0 Å². The summed E-state index contributed by atoms with van der Waals surface area (Å²) in [5.41, 5.74) is 0. The van der Waals surface area contributed by atoms with E-state index >= 15 is 0 Å². The van der Waals surface area contributed by atoms with Crippen LogP contribution in [0.4, 0.5) is 0 Å². The average molecular weight is 355 g/mol. The molecule has 0 radical (unpaired) electrons. The van der Waals surface area contributed by atoms with Gasteiger partial charge in [-0.05, 0) is 35.1 Å². The molecule has 0 saturated carbocycles. The topological polar surface area (TPSA) is 19.4 Å². The zero-order valence-electron chi connectivity index (χ0n) is 17.5. The molecule has 1 unspecified atom stereocenters. The molecule has 2 rings (SSSR count). The second-order valence-corrected chi connectivity index (χ2v) is 8.38. The summed E-state index contributed by atoms with van der Waals surface area (Å²) in [6.45, 7) is 17.8. The predicted molar refractivity (Wildman–Crippen MR) is 107 cm³/mol. The van der Waals surface area contributed by atoms with Crippen LogP contribution < -0.4 is 0 Å². The molecule has 2 fully saturated rings. The molecule has 2 saturated heterocycles. The fraction of sp³-hybridized carbons (Fsp3) is 1.00. The Hall–Kier alpha value is -0.240. The predicted octanol–water partition coefficient (Wildman–Crippen LogP) is -0.267. The molecule has 0 spiro atoms. The highest BCUT2D eigenvalue weighted by Crippen LogP contribution is 2.04. The summed E-state index contributed by atoms with van der Waals surface area (Å²) in [5.74, 6) is 0. The van der Waals surface area contributed by atoms with Crippen molar-refractivity contribution in [3.8, 4) is 0 Å². The lowest BCUT2D eigenvalue weighted by molar-refractivity contribution is 0.174. The molecule has 2 aliphatic rings. The van der Waals surface area contributed by atoms with E-state index in [9.17, 15) is 0 Å². The van der Waals surface area contributed by atoms with E-state index in [2.05, 4.69) is 64.5 Å². The van der Waals surface area contributed by atoms with Gasteiger partial charge in [0.25, 0.3) is 0 Å². The lowest BCUT2D eigenvalue weighted by atomic mass is 10.3.